The Balaban J connectivity index is 2.08. The van der Waals surface area contributed by atoms with Crippen LogP contribution < -0.4 is 5.32 Å². The smallest absolute Gasteiger partial charge is 0.0113 e. The summed E-state index contributed by atoms with van der Waals surface area (Å²) in [7, 11) is 0. The van der Waals surface area contributed by atoms with Gasteiger partial charge in [0.2, 0.25) is 0 Å². The Morgan fingerprint density at radius 2 is 1.58 bits per heavy atom. The van der Waals surface area contributed by atoms with Gasteiger partial charge < -0.3 is 10.2 Å². The topological polar surface area (TPSA) is 18.5 Å². The molecule has 1 heterocycles. The largest absolute Gasteiger partial charge is 0.314 e. The minimum absolute atomic E-state index is 0.364. The fourth-order valence-corrected chi connectivity index (χ4v) is 2.43. The SMILES string of the molecule is CC(C)N1CCN(CCCN[C@H](C)C(C)(C)C)CC1. The molecule has 0 aromatic heterocycles. The van der Waals surface area contributed by atoms with E-state index < -0.39 is 0 Å². The van der Waals surface area contributed by atoms with Gasteiger partial charge in [-0.05, 0) is 45.7 Å². The zero-order valence-electron chi connectivity index (χ0n) is 14.0. The number of nitrogens with one attached hydrogen (secondary N) is 1. The Hall–Kier alpha value is -0.120. The number of nitrogens with zero attached hydrogens (tertiary/aromatic N) is 2. The summed E-state index contributed by atoms with van der Waals surface area (Å²) in [5, 5.41) is 3.65. The third-order valence-corrected chi connectivity index (χ3v) is 4.54. The minimum atomic E-state index is 0.364. The van der Waals surface area contributed by atoms with Crippen LogP contribution in [0.3, 0.4) is 0 Å². The summed E-state index contributed by atoms with van der Waals surface area (Å²) in [5.74, 6) is 0. The maximum atomic E-state index is 3.65. The summed E-state index contributed by atoms with van der Waals surface area (Å²) < 4.78 is 0. The standard InChI is InChI=1S/C16H35N3/c1-14(2)19-12-10-18(11-13-19)9-7-8-17-15(3)16(4,5)6/h14-15,17H,7-13H2,1-6H3/t15-/m1/s1. The monoisotopic (exact) mass is 269 g/mol. The minimum Gasteiger partial charge on any atom is -0.314 e. The molecule has 1 saturated heterocycles. The molecule has 114 valence electrons. The van der Waals surface area contributed by atoms with Crippen LogP contribution in [0.4, 0.5) is 0 Å². The molecule has 1 N–H and O–H groups in total. The van der Waals surface area contributed by atoms with Crippen molar-refractivity contribution in [3.05, 3.63) is 0 Å². The Bertz CT molecular complexity index is 237. The lowest BCUT2D eigenvalue weighted by Gasteiger charge is -2.37. The summed E-state index contributed by atoms with van der Waals surface area (Å²) in [5.41, 5.74) is 0.364. The van der Waals surface area contributed by atoms with Crippen molar-refractivity contribution in [1.82, 2.24) is 15.1 Å². The first-order valence-corrected chi connectivity index (χ1v) is 8.00. The van der Waals surface area contributed by atoms with Crippen LogP contribution in [-0.2, 0) is 0 Å². The van der Waals surface area contributed by atoms with Gasteiger partial charge in [-0.25, -0.2) is 0 Å². The van der Waals surface area contributed by atoms with Gasteiger partial charge in [0.15, 0.2) is 0 Å². The Morgan fingerprint density at radius 3 is 2.05 bits per heavy atom. The molecule has 0 saturated carbocycles. The zero-order valence-corrected chi connectivity index (χ0v) is 14.0. The fourth-order valence-electron chi connectivity index (χ4n) is 2.43. The maximum Gasteiger partial charge on any atom is 0.0113 e. The van der Waals surface area contributed by atoms with Crippen molar-refractivity contribution in [2.24, 2.45) is 5.41 Å². The van der Waals surface area contributed by atoms with E-state index in [9.17, 15) is 0 Å². The van der Waals surface area contributed by atoms with Crippen molar-refractivity contribution in [3.8, 4) is 0 Å². The third-order valence-electron chi connectivity index (χ3n) is 4.54. The van der Waals surface area contributed by atoms with Crippen molar-refractivity contribution in [3.63, 3.8) is 0 Å². The highest BCUT2D eigenvalue weighted by Gasteiger charge is 2.20. The van der Waals surface area contributed by atoms with Gasteiger partial charge >= 0.3 is 0 Å². The van der Waals surface area contributed by atoms with Gasteiger partial charge in [0.25, 0.3) is 0 Å². The average molecular weight is 269 g/mol. The van der Waals surface area contributed by atoms with Crippen LogP contribution in [0.5, 0.6) is 0 Å². The molecule has 0 aromatic rings. The summed E-state index contributed by atoms with van der Waals surface area (Å²) >= 11 is 0. The molecule has 0 spiro atoms. The number of rotatable bonds is 6. The van der Waals surface area contributed by atoms with E-state index in [0.717, 1.165) is 6.54 Å². The van der Waals surface area contributed by atoms with Crippen LogP contribution in [-0.4, -0.2) is 61.2 Å². The molecule has 19 heavy (non-hydrogen) atoms. The van der Waals surface area contributed by atoms with Gasteiger partial charge in [-0.3, -0.25) is 4.90 Å². The molecule has 0 unspecified atom stereocenters. The van der Waals surface area contributed by atoms with Crippen molar-refractivity contribution >= 4 is 0 Å². The third kappa shape index (κ3) is 6.24. The summed E-state index contributed by atoms with van der Waals surface area (Å²) in [4.78, 5) is 5.19. The molecular formula is C16H35N3. The molecule has 1 aliphatic rings. The molecule has 0 radical (unpaired) electrons. The molecule has 0 amide bonds. The molecule has 3 heteroatoms. The fraction of sp³-hybridized carbons (Fsp3) is 1.00. The molecule has 0 bridgehead atoms. The number of piperazine rings is 1. The summed E-state index contributed by atoms with van der Waals surface area (Å²) in [6.45, 7) is 21.1. The van der Waals surface area contributed by atoms with Crippen LogP contribution in [0, 0.1) is 5.41 Å². The van der Waals surface area contributed by atoms with Gasteiger partial charge in [0.05, 0.1) is 0 Å². The van der Waals surface area contributed by atoms with Crippen molar-refractivity contribution in [2.75, 3.05) is 39.3 Å². The molecule has 1 fully saturated rings. The summed E-state index contributed by atoms with van der Waals surface area (Å²) in [6.07, 6.45) is 1.27. The van der Waals surface area contributed by atoms with Gasteiger partial charge in [-0.1, -0.05) is 20.8 Å². The van der Waals surface area contributed by atoms with Gasteiger partial charge in [0.1, 0.15) is 0 Å². The van der Waals surface area contributed by atoms with E-state index in [1.54, 1.807) is 0 Å². The highest BCUT2D eigenvalue weighted by atomic mass is 15.3. The van der Waals surface area contributed by atoms with E-state index >= 15 is 0 Å². The van der Waals surface area contributed by atoms with E-state index in [1.807, 2.05) is 0 Å². The normalized spacial score (nSPS) is 21.0. The highest BCUT2D eigenvalue weighted by molar-refractivity contribution is 4.77. The Labute approximate surface area is 120 Å². The number of hydrogen-bond acceptors (Lipinski definition) is 3. The molecule has 1 rings (SSSR count). The lowest BCUT2D eigenvalue weighted by molar-refractivity contribution is 0.107. The highest BCUT2D eigenvalue weighted by Crippen LogP contribution is 2.18. The zero-order chi connectivity index (χ0) is 14.5. The second-order valence-corrected chi connectivity index (χ2v) is 7.37. The molecule has 3 nitrogen and oxygen atoms in total. The van der Waals surface area contributed by atoms with Crippen molar-refractivity contribution in [1.29, 1.82) is 0 Å². The van der Waals surface area contributed by atoms with E-state index in [-0.39, 0.29) is 0 Å². The molecule has 0 aliphatic carbocycles. The van der Waals surface area contributed by atoms with E-state index in [2.05, 4.69) is 56.7 Å². The Kier molecular flexibility index (Phi) is 6.78. The molecule has 0 aromatic carbocycles. The molecule has 1 aliphatic heterocycles. The second kappa shape index (κ2) is 7.61. The van der Waals surface area contributed by atoms with E-state index in [4.69, 9.17) is 0 Å². The maximum absolute atomic E-state index is 3.65. The average Bonchev–Trinajstić information content (AvgIpc) is 2.33. The van der Waals surface area contributed by atoms with Crippen LogP contribution in [0.1, 0.15) is 48.0 Å². The van der Waals surface area contributed by atoms with Crippen LogP contribution in [0.2, 0.25) is 0 Å². The van der Waals surface area contributed by atoms with Crippen LogP contribution >= 0.6 is 0 Å². The van der Waals surface area contributed by atoms with Crippen LogP contribution in [0.15, 0.2) is 0 Å². The van der Waals surface area contributed by atoms with Gasteiger partial charge in [-0.15, -0.1) is 0 Å². The first kappa shape index (κ1) is 16.9. The Morgan fingerprint density at radius 1 is 1.00 bits per heavy atom. The lowest BCUT2D eigenvalue weighted by Crippen LogP contribution is -2.49. The van der Waals surface area contributed by atoms with Gasteiger partial charge in [0, 0.05) is 38.3 Å². The first-order chi connectivity index (χ1) is 8.80. The number of hydrogen-bond donors (Lipinski definition) is 1. The van der Waals surface area contributed by atoms with Crippen molar-refractivity contribution in [2.45, 2.75) is 60.0 Å². The predicted octanol–water partition coefficient (Wildman–Crippen LogP) is 2.43. The second-order valence-electron chi connectivity index (χ2n) is 7.37. The summed E-state index contributed by atoms with van der Waals surface area (Å²) in [6, 6.07) is 1.29. The predicted molar refractivity (Wildman–Crippen MR) is 84.7 cm³/mol. The molecule has 1 atom stereocenters. The van der Waals surface area contributed by atoms with Crippen LogP contribution in [0.25, 0.3) is 0 Å². The molecular weight excluding hydrogens is 234 g/mol. The van der Waals surface area contributed by atoms with E-state index in [1.165, 1.54) is 39.1 Å². The quantitative estimate of drug-likeness (QED) is 0.747. The van der Waals surface area contributed by atoms with E-state index in [0.29, 0.717) is 17.5 Å². The van der Waals surface area contributed by atoms with Gasteiger partial charge in [-0.2, -0.15) is 0 Å². The lowest BCUT2D eigenvalue weighted by atomic mass is 9.88. The van der Waals surface area contributed by atoms with Crippen molar-refractivity contribution < 1.29 is 0 Å². The first-order valence-electron chi connectivity index (χ1n) is 8.00.